The highest BCUT2D eigenvalue weighted by atomic mass is 35.5. The molecule has 7 heteroatoms. The lowest BCUT2D eigenvalue weighted by Gasteiger charge is -2.14. The highest BCUT2D eigenvalue weighted by molar-refractivity contribution is 6.30. The van der Waals surface area contributed by atoms with E-state index in [-0.39, 0.29) is 11.6 Å². The molecule has 126 valence electrons. The quantitative estimate of drug-likeness (QED) is 0.610. The molecule has 1 heterocycles. The van der Waals surface area contributed by atoms with Gasteiger partial charge in [0.1, 0.15) is 0 Å². The average Bonchev–Trinajstić information content (AvgIpc) is 2.62. The van der Waals surface area contributed by atoms with Crippen LogP contribution in [0.5, 0.6) is 5.88 Å². The first kappa shape index (κ1) is 17.7. The van der Waals surface area contributed by atoms with Crippen molar-refractivity contribution in [3.8, 4) is 17.0 Å². The van der Waals surface area contributed by atoms with Gasteiger partial charge in [-0.1, -0.05) is 23.7 Å². The van der Waals surface area contributed by atoms with Gasteiger partial charge >= 0.3 is 11.9 Å². The van der Waals surface area contributed by atoms with Gasteiger partial charge in [-0.3, -0.25) is 9.59 Å². The zero-order valence-corrected chi connectivity index (χ0v) is 14.2. The Hall–Kier alpha value is -2.60. The van der Waals surface area contributed by atoms with Crippen LogP contribution in [-0.2, 0) is 19.1 Å². The summed E-state index contributed by atoms with van der Waals surface area (Å²) in [6.45, 7) is 0. The van der Waals surface area contributed by atoms with Crippen molar-refractivity contribution < 1.29 is 23.8 Å². The van der Waals surface area contributed by atoms with Crippen molar-refractivity contribution >= 4 is 23.5 Å². The largest absolute Gasteiger partial charge is 0.481 e. The molecule has 2 aromatic rings. The van der Waals surface area contributed by atoms with Gasteiger partial charge in [-0.25, -0.2) is 4.98 Å². The molecule has 1 aromatic carbocycles. The summed E-state index contributed by atoms with van der Waals surface area (Å²) >= 11 is 5.89. The normalized spacial score (nSPS) is 10.4. The predicted molar refractivity (Wildman–Crippen MR) is 88.0 cm³/mol. The maximum absolute atomic E-state index is 11.9. The van der Waals surface area contributed by atoms with Gasteiger partial charge in [0.15, 0.2) is 5.92 Å². The number of pyridine rings is 1. The summed E-state index contributed by atoms with van der Waals surface area (Å²) in [6.07, 6.45) is 0. The maximum atomic E-state index is 11.9. The summed E-state index contributed by atoms with van der Waals surface area (Å²) in [6, 6.07) is 10.4. The topological polar surface area (TPSA) is 74.7 Å². The lowest BCUT2D eigenvalue weighted by atomic mass is 10.0. The van der Waals surface area contributed by atoms with Gasteiger partial charge in [0.05, 0.1) is 27.0 Å². The summed E-state index contributed by atoms with van der Waals surface area (Å²) in [4.78, 5) is 28.0. The number of esters is 2. The second-order valence-electron chi connectivity index (χ2n) is 4.78. The summed E-state index contributed by atoms with van der Waals surface area (Å²) in [5, 5.41) is 0.610. The fraction of sp³-hybridized carbons (Fsp3) is 0.235. The standard InChI is InChI=1S/C17H16ClNO5/c1-22-15-12(10-4-6-11(18)7-5-10)8-9-13(19-15)14(16(20)23-2)17(21)24-3/h4-9,14H,1-3H3. The number of hydrogen-bond acceptors (Lipinski definition) is 6. The molecule has 0 unspecified atom stereocenters. The Labute approximate surface area is 144 Å². The fourth-order valence-corrected chi connectivity index (χ4v) is 2.32. The number of halogens is 1. The van der Waals surface area contributed by atoms with Gasteiger partial charge in [-0.15, -0.1) is 0 Å². The molecule has 0 bridgehead atoms. The molecule has 0 N–H and O–H groups in total. The Balaban J connectivity index is 2.49. The third kappa shape index (κ3) is 3.65. The number of hydrogen-bond donors (Lipinski definition) is 0. The van der Waals surface area contributed by atoms with Crippen LogP contribution in [0.2, 0.25) is 5.02 Å². The Morgan fingerprint density at radius 3 is 2.04 bits per heavy atom. The van der Waals surface area contributed by atoms with E-state index in [2.05, 4.69) is 14.5 Å². The lowest BCUT2D eigenvalue weighted by Crippen LogP contribution is -2.25. The van der Waals surface area contributed by atoms with Gasteiger partial charge in [0.2, 0.25) is 5.88 Å². The highest BCUT2D eigenvalue weighted by Gasteiger charge is 2.32. The van der Waals surface area contributed by atoms with Crippen molar-refractivity contribution in [2.75, 3.05) is 21.3 Å². The molecule has 0 aliphatic heterocycles. The third-order valence-electron chi connectivity index (χ3n) is 3.40. The number of rotatable bonds is 5. The minimum Gasteiger partial charge on any atom is -0.481 e. The molecule has 2 rings (SSSR count). The summed E-state index contributed by atoms with van der Waals surface area (Å²) < 4.78 is 14.6. The molecular formula is C17H16ClNO5. The van der Waals surface area contributed by atoms with E-state index in [1.54, 1.807) is 24.3 Å². The Morgan fingerprint density at radius 2 is 1.54 bits per heavy atom. The van der Waals surface area contributed by atoms with E-state index in [1.807, 2.05) is 12.1 Å². The molecular weight excluding hydrogens is 334 g/mol. The van der Waals surface area contributed by atoms with Crippen LogP contribution < -0.4 is 4.74 Å². The lowest BCUT2D eigenvalue weighted by molar-refractivity contribution is -0.154. The molecule has 0 saturated heterocycles. The number of methoxy groups -OCH3 is 3. The average molecular weight is 350 g/mol. The monoisotopic (exact) mass is 349 g/mol. The zero-order valence-electron chi connectivity index (χ0n) is 13.4. The first-order valence-electron chi connectivity index (χ1n) is 6.98. The molecule has 0 radical (unpaired) electrons. The number of carbonyl (C=O) groups is 2. The van der Waals surface area contributed by atoms with Crippen molar-refractivity contribution in [3.05, 3.63) is 47.1 Å². The Morgan fingerprint density at radius 1 is 0.958 bits per heavy atom. The van der Waals surface area contributed by atoms with Crippen LogP contribution in [0.1, 0.15) is 11.6 Å². The second-order valence-corrected chi connectivity index (χ2v) is 5.22. The van der Waals surface area contributed by atoms with Gasteiger partial charge in [0.25, 0.3) is 0 Å². The summed E-state index contributed by atoms with van der Waals surface area (Å²) in [7, 11) is 3.84. The molecule has 0 spiro atoms. The van der Waals surface area contributed by atoms with Crippen molar-refractivity contribution in [3.63, 3.8) is 0 Å². The van der Waals surface area contributed by atoms with E-state index >= 15 is 0 Å². The number of benzene rings is 1. The smallest absolute Gasteiger partial charge is 0.326 e. The highest BCUT2D eigenvalue weighted by Crippen LogP contribution is 2.31. The summed E-state index contributed by atoms with van der Waals surface area (Å²) in [5.74, 6) is -2.51. The van der Waals surface area contributed by atoms with Crippen LogP contribution in [0, 0.1) is 0 Å². The van der Waals surface area contributed by atoms with E-state index in [0.717, 1.165) is 5.56 Å². The van der Waals surface area contributed by atoms with Crippen molar-refractivity contribution in [2.45, 2.75) is 5.92 Å². The van der Waals surface area contributed by atoms with Crippen LogP contribution in [0.25, 0.3) is 11.1 Å². The molecule has 0 aliphatic rings. The fourth-order valence-electron chi connectivity index (χ4n) is 2.19. The van der Waals surface area contributed by atoms with Crippen LogP contribution in [0.3, 0.4) is 0 Å². The first-order valence-corrected chi connectivity index (χ1v) is 7.36. The number of aromatic nitrogens is 1. The van der Waals surface area contributed by atoms with E-state index in [9.17, 15) is 9.59 Å². The predicted octanol–water partition coefficient (Wildman–Crippen LogP) is 2.84. The molecule has 0 aliphatic carbocycles. The van der Waals surface area contributed by atoms with Gasteiger partial charge in [-0.2, -0.15) is 0 Å². The Bertz CT molecular complexity index is 729. The molecule has 0 fully saturated rings. The molecule has 24 heavy (non-hydrogen) atoms. The molecule has 1 aromatic heterocycles. The maximum Gasteiger partial charge on any atom is 0.326 e. The van der Waals surface area contributed by atoms with Crippen LogP contribution >= 0.6 is 11.6 Å². The number of carbonyl (C=O) groups excluding carboxylic acids is 2. The van der Waals surface area contributed by atoms with Crippen LogP contribution in [-0.4, -0.2) is 38.3 Å². The second kappa shape index (κ2) is 7.79. The van der Waals surface area contributed by atoms with Crippen molar-refractivity contribution in [2.24, 2.45) is 0 Å². The van der Waals surface area contributed by atoms with E-state index in [0.29, 0.717) is 10.6 Å². The number of ether oxygens (including phenoxy) is 3. The minimum atomic E-state index is -1.27. The van der Waals surface area contributed by atoms with Gasteiger partial charge < -0.3 is 14.2 Å². The number of nitrogens with zero attached hydrogens (tertiary/aromatic N) is 1. The molecule has 0 amide bonds. The van der Waals surface area contributed by atoms with Crippen molar-refractivity contribution in [1.82, 2.24) is 4.98 Å². The van der Waals surface area contributed by atoms with Gasteiger partial charge in [-0.05, 0) is 29.8 Å². The molecule has 0 saturated carbocycles. The van der Waals surface area contributed by atoms with Crippen molar-refractivity contribution in [1.29, 1.82) is 0 Å². The van der Waals surface area contributed by atoms with E-state index < -0.39 is 17.9 Å². The SMILES string of the molecule is COC(=O)C(C(=O)OC)c1ccc(-c2ccc(Cl)cc2)c(OC)n1. The van der Waals surface area contributed by atoms with Gasteiger partial charge in [0, 0.05) is 10.6 Å². The first-order chi connectivity index (χ1) is 11.5. The third-order valence-corrected chi connectivity index (χ3v) is 3.65. The van der Waals surface area contributed by atoms with Crippen LogP contribution in [0.15, 0.2) is 36.4 Å². The minimum absolute atomic E-state index is 0.184. The van der Waals surface area contributed by atoms with Crippen LogP contribution in [0.4, 0.5) is 0 Å². The van der Waals surface area contributed by atoms with E-state index in [1.165, 1.54) is 21.3 Å². The zero-order chi connectivity index (χ0) is 17.7. The molecule has 0 atom stereocenters. The molecule has 6 nitrogen and oxygen atoms in total. The Kier molecular flexibility index (Phi) is 5.76. The van der Waals surface area contributed by atoms with E-state index in [4.69, 9.17) is 16.3 Å². The summed E-state index contributed by atoms with van der Waals surface area (Å²) in [5.41, 5.74) is 1.72.